The van der Waals surface area contributed by atoms with Gasteiger partial charge in [0.1, 0.15) is 29.9 Å². The van der Waals surface area contributed by atoms with E-state index in [2.05, 4.69) is 26.6 Å². The molecule has 0 saturated carbocycles. The maximum atomic E-state index is 13.1. The van der Waals surface area contributed by atoms with Crippen LogP contribution in [0.25, 0.3) is 0 Å². The fraction of sp³-hybridized carbons (Fsp3) is 0.552. The van der Waals surface area contributed by atoms with Gasteiger partial charge in [0.05, 0.1) is 25.6 Å². The summed E-state index contributed by atoms with van der Waals surface area (Å²) < 4.78 is 0. The summed E-state index contributed by atoms with van der Waals surface area (Å²) in [7, 11) is 0. The Bertz CT molecular complexity index is 1240. The summed E-state index contributed by atoms with van der Waals surface area (Å²) >= 11 is 0. The van der Waals surface area contributed by atoms with E-state index >= 15 is 0 Å². The first-order chi connectivity index (χ1) is 21.4. The molecule has 17 heteroatoms. The van der Waals surface area contributed by atoms with E-state index in [1.54, 1.807) is 39.8 Å². The monoisotopic (exact) mass is 652 g/mol. The molecule has 5 amide bonds. The molecule has 0 radical (unpaired) electrons. The minimum absolute atomic E-state index is 0.00936. The Balaban J connectivity index is 2.88. The molecule has 11 N–H and O–H groups in total. The molecule has 0 fully saturated rings. The van der Waals surface area contributed by atoms with Gasteiger partial charge in [-0.1, -0.05) is 39.8 Å². The number of aliphatic hydroxyl groups excluding tert-OH is 1. The maximum absolute atomic E-state index is 13.1. The van der Waals surface area contributed by atoms with Gasteiger partial charge in [-0.3, -0.25) is 28.8 Å². The second-order valence-electron chi connectivity index (χ2n) is 11.4. The highest BCUT2D eigenvalue weighted by atomic mass is 16.4. The SMILES string of the molecule is CC(C)C[C@H](NC(=O)[C@H](CC(=O)O)NC(=O)[C@@H](N)Cc1ccc(O)cc1)C(=O)NCC(=O)N[C@@H](CO)C(=O)N[C@H](C(=O)O)C(C)C. The zero-order valence-electron chi connectivity index (χ0n) is 26.1. The average Bonchev–Trinajstić information content (AvgIpc) is 2.96. The number of aliphatic hydroxyl groups is 1. The summed E-state index contributed by atoms with van der Waals surface area (Å²) in [4.78, 5) is 86.4. The number of carbonyl (C=O) groups is 7. The van der Waals surface area contributed by atoms with E-state index in [0.29, 0.717) is 5.56 Å². The third-order valence-corrected chi connectivity index (χ3v) is 6.57. The number of aromatic hydroxyl groups is 1. The van der Waals surface area contributed by atoms with Gasteiger partial charge in [-0.05, 0) is 42.4 Å². The molecule has 0 aliphatic carbocycles. The summed E-state index contributed by atoms with van der Waals surface area (Å²) in [5.74, 6) is -7.90. The fourth-order valence-corrected chi connectivity index (χ4v) is 4.11. The van der Waals surface area contributed by atoms with E-state index in [1.165, 1.54) is 12.1 Å². The number of phenols is 1. The number of hydrogen-bond donors (Lipinski definition) is 10. The van der Waals surface area contributed by atoms with Gasteiger partial charge >= 0.3 is 11.9 Å². The van der Waals surface area contributed by atoms with Gasteiger partial charge in [0.2, 0.25) is 29.5 Å². The van der Waals surface area contributed by atoms with Crippen molar-refractivity contribution in [3.05, 3.63) is 29.8 Å². The molecule has 17 nitrogen and oxygen atoms in total. The van der Waals surface area contributed by atoms with E-state index in [9.17, 15) is 54.0 Å². The number of benzene rings is 1. The highest BCUT2D eigenvalue weighted by Gasteiger charge is 2.31. The number of carboxylic acids is 2. The Labute approximate surface area is 265 Å². The van der Waals surface area contributed by atoms with Gasteiger partial charge in [-0.15, -0.1) is 0 Å². The summed E-state index contributed by atoms with van der Waals surface area (Å²) in [6, 6.07) is -0.956. The number of carbonyl (C=O) groups excluding carboxylic acids is 5. The average molecular weight is 653 g/mol. The first-order valence-corrected chi connectivity index (χ1v) is 14.5. The molecule has 0 spiro atoms. The van der Waals surface area contributed by atoms with Crippen molar-refractivity contribution in [2.24, 2.45) is 17.6 Å². The van der Waals surface area contributed by atoms with Gasteiger partial charge in [0.15, 0.2) is 0 Å². The van der Waals surface area contributed by atoms with Crippen LogP contribution in [0.15, 0.2) is 24.3 Å². The van der Waals surface area contributed by atoms with Crippen LogP contribution in [0.5, 0.6) is 5.75 Å². The number of nitrogens with one attached hydrogen (secondary N) is 5. The number of nitrogens with two attached hydrogens (primary N) is 1. The number of phenolic OH excluding ortho intramolecular Hbond substituents is 1. The Morgan fingerprint density at radius 1 is 0.761 bits per heavy atom. The molecule has 1 aromatic rings. The molecule has 0 heterocycles. The van der Waals surface area contributed by atoms with E-state index in [-0.39, 0.29) is 24.5 Å². The minimum Gasteiger partial charge on any atom is -0.508 e. The van der Waals surface area contributed by atoms with Crippen LogP contribution in [0.4, 0.5) is 0 Å². The quantitative estimate of drug-likeness (QED) is 0.0747. The highest BCUT2D eigenvalue weighted by Crippen LogP contribution is 2.11. The van der Waals surface area contributed by atoms with Crippen LogP contribution in [-0.2, 0) is 40.0 Å². The lowest BCUT2D eigenvalue weighted by molar-refractivity contribution is -0.144. The number of carboxylic acid groups (broad SMARTS) is 2. The topological polar surface area (TPSA) is 287 Å². The van der Waals surface area contributed by atoms with Crippen LogP contribution in [0, 0.1) is 11.8 Å². The molecule has 5 atom stereocenters. The minimum atomic E-state index is -1.61. The van der Waals surface area contributed by atoms with E-state index < -0.39 is 97.2 Å². The van der Waals surface area contributed by atoms with Crippen LogP contribution >= 0.6 is 0 Å². The van der Waals surface area contributed by atoms with Crippen molar-refractivity contribution in [1.29, 1.82) is 0 Å². The fourth-order valence-electron chi connectivity index (χ4n) is 4.11. The third kappa shape index (κ3) is 13.9. The Hall–Kier alpha value is -4.77. The predicted molar refractivity (Wildman–Crippen MR) is 162 cm³/mol. The second kappa shape index (κ2) is 18.9. The lowest BCUT2D eigenvalue weighted by Gasteiger charge is -2.25. The van der Waals surface area contributed by atoms with Crippen LogP contribution in [0.3, 0.4) is 0 Å². The summed E-state index contributed by atoms with van der Waals surface area (Å²) in [6.45, 7) is 5.03. The lowest BCUT2D eigenvalue weighted by atomic mass is 10.0. The van der Waals surface area contributed by atoms with Crippen LogP contribution in [0.2, 0.25) is 0 Å². The van der Waals surface area contributed by atoms with E-state index in [0.717, 1.165) is 0 Å². The number of rotatable bonds is 19. The molecule has 0 saturated heterocycles. The molecule has 256 valence electrons. The highest BCUT2D eigenvalue weighted by molar-refractivity contribution is 5.96. The zero-order chi connectivity index (χ0) is 35.1. The normalized spacial score (nSPS) is 14.3. The van der Waals surface area contributed by atoms with Crippen LogP contribution in [0.1, 0.15) is 46.1 Å². The molecule has 0 aromatic heterocycles. The Morgan fingerprint density at radius 2 is 1.33 bits per heavy atom. The van der Waals surface area contributed by atoms with Crippen molar-refractivity contribution in [2.45, 2.75) is 77.2 Å². The molecule has 0 aliphatic rings. The Morgan fingerprint density at radius 3 is 1.83 bits per heavy atom. The van der Waals surface area contributed by atoms with Gasteiger partial charge in [-0.2, -0.15) is 0 Å². The molecular weight excluding hydrogens is 608 g/mol. The van der Waals surface area contributed by atoms with Crippen LogP contribution in [-0.4, -0.2) is 105 Å². The summed E-state index contributed by atoms with van der Waals surface area (Å²) in [5.41, 5.74) is 6.54. The number of hydrogen-bond acceptors (Lipinski definition) is 10. The standard InChI is InChI=1S/C29H44N6O11/c1-14(2)9-19(26(42)31-12-22(38)32-21(13-36)28(44)35-24(15(3)4)29(45)46)34-27(43)20(11-23(39)40)33-25(41)18(30)10-16-5-7-17(37)8-6-16/h5-8,14-15,18-21,24,36-37H,9-13,30H2,1-4H3,(H,31,42)(H,32,38)(H,33,41)(H,34,43)(H,35,44)(H,39,40)(H,45,46)/t18-,19-,20-,21-,24-/m0/s1. The molecule has 46 heavy (non-hydrogen) atoms. The van der Waals surface area contributed by atoms with Crippen molar-refractivity contribution < 1.29 is 54.0 Å². The molecular formula is C29H44N6O11. The van der Waals surface area contributed by atoms with E-state index in [1.807, 2.05) is 0 Å². The van der Waals surface area contributed by atoms with Crippen molar-refractivity contribution in [2.75, 3.05) is 13.2 Å². The van der Waals surface area contributed by atoms with Crippen molar-refractivity contribution in [3.8, 4) is 5.75 Å². The summed E-state index contributed by atoms with van der Waals surface area (Å²) in [5, 5.41) is 48.9. The summed E-state index contributed by atoms with van der Waals surface area (Å²) in [6.07, 6.45) is -0.753. The van der Waals surface area contributed by atoms with Crippen LogP contribution < -0.4 is 32.3 Å². The van der Waals surface area contributed by atoms with Gasteiger partial charge in [0.25, 0.3) is 0 Å². The lowest BCUT2D eigenvalue weighted by Crippen LogP contribution is -2.58. The first kappa shape index (κ1) is 39.3. The molecule has 0 unspecified atom stereocenters. The molecule has 1 aromatic carbocycles. The van der Waals surface area contributed by atoms with Gasteiger partial charge < -0.3 is 52.7 Å². The predicted octanol–water partition coefficient (Wildman–Crippen LogP) is -2.43. The first-order valence-electron chi connectivity index (χ1n) is 14.5. The van der Waals surface area contributed by atoms with Crippen molar-refractivity contribution >= 4 is 41.5 Å². The largest absolute Gasteiger partial charge is 0.508 e. The second-order valence-corrected chi connectivity index (χ2v) is 11.4. The number of aliphatic carboxylic acids is 2. The van der Waals surface area contributed by atoms with Crippen molar-refractivity contribution in [3.63, 3.8) is 0 Å². The molecule has 1 rings (SSSR count). The van der Waals surface area contributed by atoms with Gasteiger partial charge in [-0.25, -0.2) is 4.79 Å². The Kier molecular flexibility index (Phi) is 16.1. The number of amides is 5. The zero-order valence-corrected chi connectivity index (χ0v) is 26.1. The molecule has 0 aliphatic heterocycles. The molecule has 0 bridgehead atoms. The van der Waals surface area contributed by atoms with Gasteiger partial charge in [0, 0.05) is 0 Å². The smallest absolute Gasteiger partial charge is 0.326 e. The van der Waals surface area contributed by atoms with Crippen molar-refractivity contribution in [1.82, 2.24) is 26.6 Å². The van der Waals surface area contributed by atoms with E-state index in [4.69, 9.17) is 5.73 Å². The maximum Gasteiger partial charge on any atom is 0.326 e. The third-order valence-electron chi connectivity index (χ3n) is 6.57.